The van der Waals surface area contributed by atoms with Crippen LogP contribution in [0.4, 0.5) is 0 Å². The molecule has 0 amide bonds. The lowest BCUT2D eigenvalue weighted by Crippen LogP contribution is -2.05. The van der Waals surface area contributed by atoms with Crippen molar-refractivity contribution in [3.8, 4) is 0 Å². The molecule has 2 aromatic rings. The Bertz CT molecular complexity index is 511. The molecular formula is C10H16BrN5. The Hall–Kier alpha value is -0.880. The van der Waals surface area contributed by atoms with Crippen LogP contribution in [-0.2, 0) is 13.5 Å². The second-order valence-corrected chi connectivity index (χ2v) is 4.92. The first-order valence-electron chi connectivity index (χ1n) is 5.36. The summed E-state index contributed by atoms with van der Waals surface area (Å²) in [5.41, 5.74) is 6.51. The molecule has 0 aliphatic heterocycles. The fraction of sp³-hybridized carbons (Fsp3) is 0.600. The van der Waals surface area contributed by atoms with Crippen LogP contribution in [0.1, 0.15) is 31.3 Å². The highest BCUT2D eigenvalue weighted by molar-refractivity contribution is 9.10. The lowest BCUT2D eigenvalue weighted by Gasteiger charge is -2.02. The average Bonchev–Trinajstić information content (AvgIpc) is 2.69. The standard InChI is InChI=1S/C10H16BrN5/c1-6(2)9-14-16-8(11)7(4-5-12)13-10(16)15(9)3/h6H,4-5,12H2,1-3H3. The summed E-state index contributed by atoms with van der Waals surface area (Å²) in [6.45, 7) is 4.84. The molecule has 0 spiro atoms. The van der Waals surface area contributed by atoms with Crippen molar-refractivity contribution in [2.24, 2.45) is 12.8 Å². The molecule has 2 N–H and O–H groups in total. The van der Waals surface area contributed by atoms with E-state index in [1.807, 2.05) is 16.1 Å². The van der Waals surface area contributed by atoms with E-state index in [0.717, 1.165) is 28.3 Å². The number of imidazole rings is 1. The number of hydrogen-bond donors (Lipinski definition) is 1. The van der Waals surface area contributed by atoms with E-state index in [-0.39, 0.29) is 0 Å². The Kier molecular flexibility index (Phi) is 3.03. The first-order chi connectivity index (χ1) is 7.56. The number of fused-ring (bicyclic) bond motifs is 1. The van der Waals surface area contributed by atoms with E-state index in [2.05, 4.69) is 39.9 Å². The predicted molar refractivity (Wildman–Crippen MR) is 66.5 cm³/mol. The van der Waals surface area contributed by atoms with Gasteiger partial charge in [0.25, 0.3) is 0 Å². The fourth-order valence-corrected chi connectivity index (χ4v) is 2.33. The van der Waals surface area contributed by atoms with Gasteiger partial charge in [-0.1, -0.05) is 13.8 Å². The van der Waals surface area contributed by atoms with Gasteiger partial charge < -0.3 is 5.73 Å². The molecule has 16 heavy (non-hydrogen) atoms. The number of rotatable bonds is 3. The van der Waals surface area contributed by atoms with Gasteiger partial charge in [0.05, 0.1) is 5.69 Å². The summed E-state index contributed by atoms with van der Waals surface area (Å²) < 4.78 is 4.77. The van der Waals surface area contributed by atoms with E-state index in [0.29, 0.717) is 12.5 Å². The maximum atomic E-state index is 5.54. The third-order valence-corrected chi connectivity index (χ3v) is 3.39. The summed E-state index contributed by atoms with van der Waals surface area (Å²) in [6, 6.07) is 0. The molecule has 88 valence electrons. The van der Waals surface area contributed by atoms with E-state index < -0.39 is 0 Å². The van der Waals surface area contributed by atoms with Crippen molar-refractivity contribution in [1.29, 1.82) is 0 Å². The number of halogens is 1. The number of nitrogens with two attached hydrogens (primary N) is 1. The Labute approximate surface area is 103 Å². The molecule has 0 fully saturated rings. The fourth-order valence-electron chi connectivity index (χ4n) is 1.80. The van der Waals surface area contributed by atoms with Crippen molar-refractivity contribution in [2.45, 2.75) is 26.2 Å². The number of hydrogen-bond acceptors (Lipinski definition) is 3. The van der Waals surface area contributed by atoms with Crippen LogP contribution in [0.15, 0.2) is 4.60 Å². The minimum Gasteiger partial charge on any atom is -0.330 e. The highest BCUT2D eigenvalue weighted by Gasteiger charge is 2.17. The molecule has 0 aromatic carbocycles. The molecular weight excluding hydrogens is 270 g/mol. The van der Waals surface area contributed by atoms with E-state index in [9.17, 15) is 0 Å². The van der Waals surface area contributed by atoms with Crippen molar-refractivity contribution in [3.05, 3.63) is 16.1 Å². The van der Waals surface area contributed by atoms with Crippen LogP contribution >= 0.6 is 15.9 Å². The van der Waals surface area contributed by atoms with E-state index in [4.69, 9.17) is 5.73 Å². The van der Waals surface area contributed by atoms with Crippen molar-refractivity contribution in [2.75, 3.05) is 6.54 Å². The highest BCUT2D eigenvalue weighted by atomic mass is 79.9. The first-order valence-corrected chi connectivity index (χ1v) is 6.15. The third kappa shape index (κ3) is 1.66. The zero-order chi connectivity index (χ0) is 11.9. The first kappa shape index (κ1) is 11.6. The van der Waals surface area contributed by atoms with Gasteiger partial charge in [-0.15, -0.1) is 0 Å². The molecule has 0 atom stereocenters. The Morgan fingerprint density at radius 2 is 2.12 bits per heavy atom. The molecule has 0 unspecified atom stereocenters. The topological polar surface area (TPSA) is 61.1 Å². The maximum Gasteiger partial charge on any atom is 0.233 e. The van der Waals surface area contributed by atoms with Crippen molar-refractivity contribution in [1.82, 2.24) is 19.2 Å². The molecule has 0 bridgehead atoms. The molecule has 2 rings (SSSR count). The summed E-state index contributed by atoms with van der Waals surface area (Å²) in [6.07, 6.45) is 0.765. The van der Waals surface area contributed by atoms with Crippen molar-refractivity contribution < 1.29 is 0 Å². The van der Waals surface area contributed by atoms with Gasteiger partial charge in [-0.25, -0.2) is 4.98 Å². The minimum absolute atomic E-state index is 0.386. The van der Waals surface area contributed by atoms with Crippen LogP contribution in [0.25, 0.3) is 5.78 Å². The number of aryl methyl sites for hydroxylation is 1. The Morgan fingerprint density at radius 3 is 2.62 bits per heavy atom. The normalized spacial score (nSPS) is 11.9. The summed E-state index contributed by atoms with van der Waals surface area (Å²) in [5.74, 6) is 2.28. The van der Waals surface area contributed by atoms with Gasteiger partial charge in [0.15, 0.2) is 0 Å². The summed E-state index contributed by atoms with van der Waals surface area (Å²) >= 11 is 3.52. The smallest absolute Gasteiger partial charge is 0.233 e. The van der Waals surface area contributed by atoms with Gasteiger partial charge in [0.1, 0.15) is 10.4 Å². The van der Waals surface area contributed by atoms with Crippen LogP contribution in [0.5, 0.6) is 0 Å². The van der Waals surface area contributed by atoms with Crippen LogP contribution in [0, 0.1) is 0 Å². The Balaban J connectivity index is 2.59. The second kappa shape index (κ2) is 4.18. The van der Waals surface area contributed by atoms with Gasteiger partial charge in [0, 0.05) is 19.4 Å². The van der Waals surface area contributed by atoms with Crippen LogP contribution < -0.4 is 5.73 Å². The molecule has 0 radical (unpaired) electrons. The van der Waals surface area contributed by atoms with Gasteiger partial charge in [-0.2, -0.15) is 9.61 Å². The number of aromatic nitrogens is 4. The van der Waals surface area contributed by atoms with Crippen molar-refractivity contribution in [3.63, 3.8) is 0 Å². The summed E-state index contributed by atoms with van der Waals surface area (Å²) in [4.78, 5) is 4.54. The van der Waals surface area contributed by atoms with Gasteiger partial charge in [-0.05, 0) is 22.5 Å². The summed E-state index contributed by atoms with van der Waals surface area (Å²) in [5, 5.41) is 4.54. The largest absolute Gasteiger partial charge is 0.330 e. The monoisotopic (exact) mass is 285 g/mol. The lowest BCUT2D eigenvalue weighted by atomic mass is 10.2. The van der Waals surface area contributed by atoms with E-state index in [1.54, 1.807) is 0 Å². The zero-order valence-corrected chi connectivity index (χ0v) is 11.3. The van der Waals surface area contributed by atoms with Gasteiger partial charge in [0.2, 0.25) is 5.78 Å². The third-order valence-electron chi connectivity index (χ3n) is 2.59. The van der Waals surface area contributed by atoms with Crippen LogP contribution in [0.2, 0.25) is 0 Å². The highest BCUT2D eigenvalue weighted by Crippen LogP contribution is 2.22. The quantitative estimate of drug-likeness (QED) is 0.929. The SMILES string of the molecule is CC(C)c1nn2c(Br)c(CCN)nc2n1C. The van der Waals surface area contributed by atoms with Crippen LogP contribution in [0.3, 0.4) is 0 Å². The van der Waals surface area contributed by atoms with Gasteiger partial charge in [-0.3, -0.25) is 4.57 Å². The predicted octanol–water partition coefficient (Wildman–Crippen LogP) is 1.45. The second-order valence-electron chi connectivity index (χ2n) is 4.17. The lowest BCUT2D eigenvalue weighted by molar-refractivity contribution is 0.704. The molecule has 2 aromatic heterocycles. The minimum atomic E-state index is 0.386. The van der Waals surface area contributed by atoms with Crippen molar-refractivity contribution >= 4 is 21.7 Å². The Morgan fingerprint density at radius 1 is 1.44 bits per heavy atom. The molecule has 5 nitrogen and oxygen atoms in total. The number of nitrogens with zero attached hydrogens (tertiary/aromatic N) is 4. The van der Waals surface area contributed by atoms with Crippen LogP contribution in [-0.4, -0.2) is 25.7 Å². The zero-order valence-electron chi connectivity index (χ0n) is 9.74. The van der Waals surface area contributed by atoms with E-state index in [1.165, 1.54) is 0 Å². The molecule has 0 saturated carbocycles. The molecule has 0 saturated heterocycles. The molecule has 2 heterocycles. The molecule has 6 heteroatoms. The molecule has 0 aliphatic rings. The maximum absolute atomic E-state index is 5.54. The molecule has 0 aliphatic carbocycles. The average molecular weight is 286 g/mol. The van der Waals surface area contributed by atoms with Gasteiger partial charge >= 0.3 is 0 Å². The van der Waals surface area contributed by atoms with E-state index >= 15 is 0 Å². The summed E-state index contributed by atoms with van der Waals surface area (Å²) in [7, 11) is 1.99.